The van der Waals surface area contributed by atoms with Crippen LogP contribution in [0.1, 0.15) is 18.4 Å². The quantitative estimate of drug-likeness (QED) is 0.748. The molecular weight excluding hydrogens is 226 g/mol. The van der Waals surface area contributed by atoms with Gasteiger partial charge in [-0.25, -0.2) is 0 Å². The first-order valence-corrected chi connectivity index (χ1v) is 6.73. The second-order valence-electron chi connectivity index (χ2n) is 5.04. The van der Waals surface area contributed by atoms with Crippen molar-refractivity contribution in [3.8, 4) is 5.75 Å². The number of likely N-dealkylation sites (tertiary alicyclic amines) is 1. The summed E-state index contributed by atoms with van der Waals surface area (Å²) in [7, 11) is 2.16. The molecule has 1 aliphatic rings. The van der Waals surface area contributed by atoms with Crippen molar-refractivity contribution in [3.05, 3.63) is 29.8 Å². The minimum Gasteiger partial charge on any atom is -0.491 e. The molecule has 1 heterocycles. The molecule has 3 heteroatoms. The first kappa shape index (κ1) is 13.4. The fourth-order valence-corrected chi connectivity index (χ4v) is 2.23. The summed E-state index contributed by atoms with van der Waals surface area (Å²) in [4.78, 5) is 2.35. The zero-order valence-corrected chi connectivity index (χ0v) is 11.4. The Bertz CT molecular complexity index is 359. The van der Waals surface area contributed by atoms with E-state index < -0.39 is 0 Å². The van der Waals surface area contributed by atoms with E-state index in [1.807, 2.05) is 12.1 Å². The molecule has 100 valence electrons. The first-order valence-electron chi connectivity index (χ1n) is 6.73. The maximum atomic E-state index is 5.83. The lowest BCUT2D eigenvalue weighted by atomic mass is 10.1. The van der Waals surface area contributed by atoms with Gasteiger partial charge in [0.1, 0.15) is 12.4 Å². The van der Waals surface area contributed by atoms with Crippen LogP contribution in [0.25, 0.3) is 0 Å². The van der Waals surface area contributed by atoms with Gasteiger partial charge in [0.25, 0.3) is 0 Å². The third-order valence-electron chi connectivity index (χ3n) is 3.36. The van der Waals surface area contributed by atoms with E-state index in [0.717, 1.165) is 31.7 Å². The van der Waals surface area contributed by atoms with Crippen LogP contribution in [0.5, 0.6) is 5.75 Å². The van der Waals surface area contributed by atoms with Crippen molar-refractivity contribution in [3.63, 3.8) is 0 Å². The van der Waals surface area contributed by atoms with Crippen molar-refractivity contribution >= 4 is 0 Å². The molecule has 3 nitrogen and oxygen atoms in total. The highest BCUT2D eigenvalue weighted by molar-refractivity contribution is 5.27. The van der Waals surface area contributed by atoms with Crippen molar-refractivity contribution in [1.29, 1.82) is 0 Å². The molecule has 1 aromatic carbocycles. The van der Waals surface area contributed by atoms with Crippen molar-refractivity contribution in [2.45, 2.75) is 25.9 Å². The Hall–Kier alpha value is -1.06. The van der Waals surface area contributed by atoms with Gasteiger partial charge in [-0.3, -0.25) is 0 Å². The van der Waals surface area contributed by atoms with Crippen LogP contribution in [0.2, 0.25) is 0 Å². The average molecular weight is 249 g/mol. The topological polar surface area (TPSA) is 21.7 Å². The second-order valence-corrected chi connectivity index (χ2v) is 5.04. The van der Waals surface area contributed by atoms with Gasteiger partial charge in [0, 0.05) is 13.1 Å². The molecule has 2 rings (SSSR count). The lowest BCUT2D eigenvalue weighted by Crippen LogP contribution is -2.34. The summed E-state index contributed by atoms with van der Waals surface area (Å²) in [6.45, 7) is 5.67. The number of rotatable bonds is 5. The smallest absolute Gasteiger partial charge is 0.119 e. The Morgan fingerprint density at radius 3 is 2.72 bits per heavy atom. The SMILES string of the molecule is Cc1cccc(OCCOC2CCN(C)CC2)c1. The second kappa shape index (κ2) is 6.76. The molecule has 0 aliphatic carbocycles. The number of hydrogen-bond acceptors (Lipinski definition) is 3. The van der Waals surface area contributed by atoms with Gasteiger partial charge in [-0.1, -0.05) is 12.1 Å². The number of aryl methyl sites for hydroxylation is 1. The lowest BCUT2D eigenvalue weighted by Gasteiger charge is -2.28. The number of ether oxygens (including phenoxy) is 2. The standard InChI is InChI=1S/C15H23NO2/c1-13-4-3-5-15(12-13)18-11-10-17-14-6-8-16(2)9-7-14/h3-5,12,14H,6-11H2,1-2H3. The lowest BCUT2D eigenvalue weighted by molar-refractivity contribution is -0.000258. The highest BCUT2D eigenvalue weighted by atomic mass is 16.5. The fraction of sp³-hybridized carbons (Fsp3) is 0.600. The van der Waals surface area contributed by atoms with Gasteiger partial charge in [-0.05, 0) is 44.5 Å². The predicted octanol–water partition coefficient (Wildman–Crippen LogP) is 2.48. The molecule has 0 aromatic heterocycles. The van der Waals surface area contributed by atoms with Gasteiger partial charge >= 0.3 is 0 Å². The molecule has 1 fully saturated rings. The normalized spacial score (nSPS) is 17.9. The minimum atomic E-state index is 0.419. The van der Waals surface area contributed by atoms with Gasteiger partial charge in [-0.2, -0.15) is 0 Å². The minimum absolute atomic E-state index is 0.419. The summed E-state index contributed by atoms with van der Waals surface area (Å²) in [6, 6.07) is 8.13. The van der Waals surface area contributed by atoms with Crippen LogP contribution in [0.3, 0.4) is 0 Å². The molecule has 18 heavy (non-hydrogen) atoms. The van der Waals surface area contributed by atoms with Crippen LogP contribution >= 0.6 is 0 Å². The van der Waals surface area contributed by atoms with Gasteiger partial charge in [0.05, 0.1) is 12.7 Å². The third kappa shape index (κ3) is 4.31. The van der Waals surface area contributed by atoms with E-state index in [0.29, 0.717) is 19.3 Å². The van der Waals surface area contributed by atoms with E-state index in [-0.39, 0.29) is 0 Å². The largest absolute Gasteiger partial charge is 0.491 e. The number of benzene rings is 1. The maximum Gasteiger partial charge on any atom is 0.119 e. The molecule has 0 N–H and O–H groups in total. The molecule has 0 bridgehead atoms. The Morgan fingerprint density at radius 1 is 1.22 bits per heavy atom. The maximum absolute atomic E-state index is 5.83. The Balaban J connectivity index is 1.61. The van der Waals surface area contributed by atoms with Crippen molar-refractivity contribution < 1.29 is 9.47 Å². The van der Waals surface area contributed by atoms with Crippen molar-refractivity contribution in [2.75, 3.05) is 33.4 Å². The highest BCUT2D eigenvalue weighted by Crippen LogP contribution is 2.14. The zero-order chi connectivity index (χ0) is 12.8. The van der Waals surface area contributed by atoms with Crippen molar-refractivity contribution in [2.24, 2.45) is 0 Å². The first-order chi connectivity index (χ1) is 8.74. The van der Waals surface area contributed by atoms with Crippen LogP contribution in [0.4, 0.5) is 0 Å². The molecule has 1 saturated heterocycles. The molecule has 0 unspecified atom stereocenters. The Kier molecular flexibility index (Phi) is 5.02. The number of hydrogen-bond donors (Lipinski definition) is 0. The van der Waals surface area contributed by atoms with Crippen LogP contribution in [-0.4, -0.2) is 44.4 Å². The van der Waals surface area contributed by atoms with E-state index in [1.165, 1.54) is 5.56 Å². The highest BCUT2D eigenvalue weighted by Gasteiger charge is 2.16. The molecule has 1 aliphatic heterocycles. The molecular formula is C15H23NO2. The summed E-state index contributed by atoms with van der Waals surface area (Å²) in [5.74, 6) is 0.932. The van der Waals surface area contributed by atoms with E-state index in [2.05, 4.69) is 31.0 Å². The van der Waals surface area contributed by atoms with Gasteiger partial charge in [0.15, 0.2) is 0 Å². The monoisotopic (exact) mass is 249 g/mol. The summed E-state index contributed by atoms with van der Waals surface area (Å²) < 4.78 is 11.5. The molecule has 0 radical (unpaired) electrons. The molecule has 0 spiro atoms. The number of nitrogens with zero attached hydrogens (tertiary/aromatic N) is 1. The van der Waals surface area contributed by atoms with Crippen LogP contribution < -0.4 is 4.74 Å². The molecule has 1 aromatic rings. The van der Waals surface area contributed by atoms with Gasteiger partial charge in [-0.15, -0.1) is 0 Å². The summed E-state index contributed by atoms with van der Waals surface area (Å²) >= 11 is 0. The van der Waals surface area contributed by atoms with E-state index in [9.17, 15) is 0 Å². The van der Waals surface area contributed by atoms with Gasteiger partial charge in [0.2, 0.25) is 0 Å². The Morgan fingerprint density at radius 2 is 2.00 bits per heavy atom. The molecule has 0 saturated carbocycles. The fourth-order valence-electron chi connectivity index (χ4n) is 2.23. The van der Waals surface area contributed by atoms with Crippen LogP contribution in [-0.2, 0) is 4.74 Å². The van der Waals surface area contributed by atoms with Crippen molar-refractivity contribution in [1.82, 2.24) is 4.90 Å². The molecule has 0 amide bonds. The van der Waals surface area contributed by atoms with Crippen LogP contribution in [0, 0.1) is 6.92 Å². The van der Waals surface area contributed by atoms with E-state index in [4.69, 9.17) is 9.47 Å². The summed E-state index contributed by atoms with van der Waals surface area (Å²) in [5.41, 5.74) is 1.23. The van der Waals surface area contributed by atoms with E-state index in [1.54, 1.807) is 0 Å². The Labute approximate surface area is 110 Å². The predicted molar refractivity (Wildman–Crippen MR) is 73.1 cm³/mol. The third-order valence-corrected chi connectivity index (χ3v) is 3.36. The average Bonchev–Trinajstić information content (AvgIpc) is 2.37. The van der Waals surface area contributed by atoms with Gasteiger partial charge < -0.3 is 14.4 Å². The zero-order valence-electron chi connectivity index (χ0n) is 11.4. The number of piperidine rings is 1. The van der Waals surface area contributed by atoms with E-state index >= 15 is 0 Å². The summed E-state index contributed by atoms with van der Waals surface area (Å²) in [6.07, 6.45) is 2.70. The summed E-state index contributed by atoms with van der Waals surface area (Å²) in [5, 5.41) is 0. The molecule has 0 atom stereocenters. The van der Waals surface area contributed by atoms with Crippen LogP contribution in [0.15, 0.2) is 24.3 Å².